The first kappa shape index (κ1) is 7.62. The van der Waals surface area contributed by atoms with Crippen molar-refractivity contribution in [1.29, 1.82) is 0 Å². The van der Waals surface area contributed by atoms with Crippen LogP contribution in [0.4, 0.5) is 0 Å². The van der Waals surface area contributed by atoms with Gasteiger partial charge in [0.1, 0.15) is 5.54 Å². The van der Waals surface area contributed by atoms with Crippen LogP contribution in [0.15, 0.2) is 35.3 Å². The van der Waals surface area contributed by atoms with Crippen LogP contribution in [0.5, 0.6) is 0 Å². The minimum absolute atomic E-state index is 0.114. The van der Waals surface area contributed by atoms with Gasteiger partial charge in [-0.15, -0.1) is 0 Å². The highest BCUT2D eigenvalue weighted by atomic mass is 32.1. The zero-order valence-corrected chi connectivity index (χ0v) is 7.42. The lowest BCUT2D eigenvalue weighted by molar-refractivity contribution is 0.872. The van der Waals surface area contributed by atoms with E-state index in [4.69, 9.17) is 12.2 Å². The second-order valence-corrected chi connectivity index (χ2v) is 3.27. The Bertz CT molecular complexity index is 310. The molecule has 0 aromatic heterocycles. The third kappa shape index (κ3) is 1.43. The van der Waals surface area contributed by atoms with Gasteiger partial charge in [-0.1, -0.05) is 42.5 Å². The van der Waals surface area contributed by atoms with Crippen LogP contribution in [0.25, 0.3) is 0 Å². The van der Waals surface area contributed by atoms with Crippen LogP contribution in [0.2, 0.25) is 0 Å². The van der Waals surface area contributed by atoms with E-state index in [1.807, 2.05) is 24.4 Å². The normalized spacial score (nSPS) is 25.3. The molecule has 1 heterocycles. The first-order chi connectivity index (χ1) is 5.85. The Morgan fingerprint density at radius 1 is 1.33 bits per heavy atom. The average molecular weight is 175 g/mol. The van der Waals surface area contributed by atoms with Crippen LogP contribution in [0.1, 0.15) is 5.56 Å². The third-order valence-electron chi connectivity index (χ3n) is 1.99. The number of hydrogen-bond donors (Lipinski definition) is 0. The number of thiocarbonyl (C=S) groups is 1. The van der Waals surface area contributed by atoms with Crippen molar-refractivity contribution in [3.8, 4) is 0 Å². The van der Waals surface area contributed by atoms with Crippen molar-refractivity contribution >= 4 is 23.8 Å². The highest BCUT2D eigenvalue weighted by Gasteiger charge is 2.33. The molecular formula is C10H9NS. The average Bonchev–Trinajstić information content (AvgIpc) is 2.88. The van der Waals surface area contributed by atoms with E-state index < -0.39 is 0 Å². The molecule has 0 aliphatic carbocycles. The number of aliphatic imine (C=N–C) groups is 1. The topological polar surface area (TPSA) is 12.4 Å². The standard InChI is InChI=1S/C10H9NS/c12-8-10(7-11-10)6-9-4-2-1-3-5-9/h1-5,7-8H,6H2. The summed E-state index contributed by atoms with van der Waals surface area (Å²) in [5, 5.41) is 1.74. The number of benzene rings is 1. The van der Waals surface area contributed by atoms with Crippen molar-refractivity contribution in [3.63, 3.8) is 0 Å². The van der Waals surface area contributed by atoms with E-state index in [-0.39, 0.29) is 5.54 Å². The van der Waals surface area contributed by atoms with Gasteiger partial charge in [0, 0.05) is 18.0 Å². The molecule has 2 rings (SSSR count). The summed E-state index contributed by atoms with van der Waals surface area (Å²) in [6.07, 6.45) is 2.82. The van der Waals surface area contributed by atoms with E-state index in [1.165, 1.54) is 5.56 Å². The Balaban J connectivity index is 2.09. The van der Waals surface area contributed by atoms with Crippen LogP contribution in [0.3, 0.4) is 0 Å². The summed E-state index contributed by atoms with van der Waals surface area (Å²) in [7, 11) is 0. The molecule has 1 nitrogen and oxygen atoms in total. The van der Waals surface area contributed by atoms with Gasteiger partial charge in [0.15, 0.2) is 0 Å². The lowest BCUT2D eigenvalue weighted by Crippen LogP contribution is -2.17. The van der Waals surface area contributed by atoms with Gasteiger partial charge in [0.2, 0.25) is 0 Å². The van der Waals surface area contributed by atoms with Crippen molar-refractivity contribution in [3.05, 3.63) is 35.9 Å². The summed E-state index contributed by atoms with van der Waals surface area (Å²) < 4.78 is 0. The van der Waals surface area contributed by atoms with Crippen molar-refractivity contribution in [2.45, 2.75) is 12.0 Å². The smallest absolute Gasteiger partial charge is 0.127 e. The first-order valence-electron chi connectivity index (χ1n) is 3.91. The van der Waals surface area contributed by atoms with Gasteiger partial charge in [0.05, 0.1) is 0 Å². The summed E-state index contributed by atoms with van der Waals surface area (Å²) in [6.45, 7) is 0. The van der Waals surface area contributed by atoms with E-state index in [9.17, 15) is 0 Å². The zero-order chi connectivity index (χ0) is 8.44. The molecule has 2 heteroatoms. The molecule has 0 radical (unpaired) electrons. The lowest BCUT2D eigenvalue weighted by Gasteiger charge is -2.05. The van der Waals surface area contributed by atoms with Crippen LogP contribution < -0.4 is 0 Å². The Labute approximate surface area is 77.1 Å². The maximum Gasteiger partial charge on any atom is 0.127 e. The molecule has 1 atom stereocenters. The number of rotatable bonds is 3. The van der Waals surface area contributed by atoms with Crippen molar-refractivity contribution in [2.75, 3.05) is 0 Å². The molecule has 0 amide bonds. The Morgan fingerprint density at radius 2 is 2.00 bits per heavy atom. The van der Waals surface area contributed by atoms with Crippen molar-refractivity contribution in [1.82, 2.24) is 0 Å². The third-order valence-corrected chi connectivity index (χ3v) is 2.40. The van der Waals surface area contributed by atoms with Gasteiger partial charge in [-0.25, -0.2) is 0 Å². The van der Waals surface area contributed by atoms with E-state index >= 15 is 0 Å². The Morgan fingerprint density at radius 3 is 2.50 bits per heavy atom. The molecule has 60 valence electrons. The Hall–Kier alpha value is -1.02. The van der Waals surface area contributed by atoms with E-state index in [2.05, 4.69) is 17.1 Å². The lowest BCUT2D eigenvalue weighted by atomic mass is 10.0. The molecule has 12 heavy (non-hydrogen) atoms. The quantitative estimate of drug-likeness (QED) is 0.640. The zero-order valence-electron chi connectivity index (χ0n) is 6.60. The summed E-state index contributed by atoms with van der Waals surface area (Å²) in [5.41, 5.74) is 1.17. The maximum atomic E-state index is 4.90. The number of hydrogen-bond acceptors (Lipinski definition) is 2. The second kappa shape index (κ2) is 2.79. The highest BCUT2D eigenvalue weighted by Crippen LogP contribution is 2.23. The molecule has 0 saturated carbocycles. The molecule has 0 fully saturated rings. The summed E-state index contributed by atoms with van der Waals surface area (Å²) in [5.74, 6) is 0. The van der Waals surface area contributed by atoms with Gasteiger partial charge >= 0.3 is 0 Å². The fourth-order valence-electron chi connectivity index (χ4n) is 1.20. The first-order valence-corrected chi connectivity index (χ1v) is 4.38. The van der Waals surface area contributed by atoms with Crippen LogP contribution in [-0.2, 0) is 6.42 Å². The van der Waals surface area contributed by atoms with E-state index in [0.29, 0.717) is 0 Å². The minimum atomic E-state index is -0.114. The molecule has 0 bridgehead atoms. The fourth-order valence-corrected chi connectivity index (χ4v) is 1.40. The predicted octanol–water partition coefficient (Wildman–Crippen LogP) is 2.05. The summed E-state index contributed by atoms with van der Waals surface area (Å²) in [6, 6.07) is 10.3. The molecular weight excluding hydrogens is 166 g/mol. The fraction of sp³-hybridized carbons (Fsp3) is 0.200. The minimum Gasteiger partial charge on any atom is -0.277 e. The summed E-state index contributed by atoms with van der Waals surface area (Å²) in [4.78, 5) is 4.16. The molecule has 0 N–H and O–H groups in total. The van der Waals surface area contributed by atoms with Gasteiger partial charge < -0.3 is 0 Å². The van der Waals surface area contributed by atoms with Crippen molar-refractivity contribution in [2.24, 2.45) is 4.99 Å². The van der Waals surface area contributed by atoms with Crippen LogP contribution >= 0.6 is 12.2 Å². The molecule has 1 aliphatic heterocycles. The molecule has 1 aromatic rings. The molecule has 1 aromatic carbocycles. The van der Waals surface area contributed by atoms with Crippen LogP contribution in [0, 0.1) is 0 Å². The van der Waals surface area contributed by atoms with Gasteiger partial charge in [-0.3, -0.25) is 4.99 Å². The van der Waals surface area contributed by atoms with Crippen LogP contribution in [-0.4, -0.2) is 17.1 Å². The van der Waals surface area contributed by atoms with E-state index in [0.717, 1.165) is 6.42 Å². The largest absolute Gasteiger partial charge is 0.277 e. The van der Waals surface area contributed by atoms with Gasteiger partial charge in [0.25, 0.3) is 0 Å². The maximum absolute atomic E-state index is 4.90. The highest BCUT2D eigenvalue weighted by molar-refractivity contribution is 7.79. The van der Waals surface area contributed by atoms with E-state index in [1.54, 1.807) is 5.37 Å². The predicted molar refractivity (Wildman–Crippen MR) is 55.0 cm³/mol. The molecule has 1 aliphatic rings. The van der Waals surface area contributed by atoms with Gasteiger partial charge in [-0.2, -0.15) is 0 Å². The second-order valence-electron chi connectivity index (χ2n) is 3.03. The molecule has 0 saturated heterocycles. The Kier molecular flexibility index (Phi) is 1.77. The molecule has 0 spiro atoms. The monoisotopic (exact) mass is 175 g/mol. The molecule has 1 unspecified atom stereocenters. The summed E-state index contributed by atoms with van der Waals surface area (Å²) >= 11 is 4.90. The van der Waals surface area contributed by atoms with Crippen molar-refractivity contribution < 1.29 is 0 Å². The number of nitrogens with zero attached hydrogens (tertiary/aromatic N) is 1. The SMILES string of the molecule is S=CC1(Cc2ccccc2)C=N1. The van der Waals surface area contributed by atoms with Gasteiger partial charge in [-0.05, 0) is 5.56 Å².